The zero-order valence-electron chi connectivity index (χ0n) is 18.2. The molecule has 0 bridgehead atoms. The van der Waals surface area contributed by atoms with Crippen LogP contribution in [-0.2, 0) is 34.0 Å². The first-order chi connectivity index (χ1) is 15.4. The van der Waals surface area contributed by atoms with Crippen LogP contribution in [0.2, 0.25) is 0 Å². The van der Waals surface area contributed by atoms with Gasteiger partial charge in [-0.25, -0.2) is 0 Å². The second kappa shape index (κ2) is 14.5. The molecule has 0 spiro atoms. The van der Waals surface area contributed by atoms with Crippen molar-refractivity contribution >= 4 is 0 Å². The fraction of sp³-hybridized carbons (Fsp3) is 0.333. The predicted octanol–water partition coefficient (Wildman–Crippen LogP) is 4.94. The van der Waals surface area contributed by atoms with Crippen molar-refractivity contribution in [3.05, 3.63) is 108 Å². The van der Waals surface area contributed by atoms with Gasteiger partial charge >= 0.3 is 0 Å². The standard InChI is InChI=1S/C27H33NO3/c1-4-10-25(11-5-1)22-29-19-16-28(17-20-30-23-26-12-6-2-7-13-26)18-21-31-24-27-14-8-3-9-15-27/h1-15H,16-24H2. The van der Waals surface area contributed by atoms with Gasteiger partial charge in [0.05, 0.1) is 39.6 Å². The van der Waals surface area contributed by atoms with E-state index in [-0.39, 0.29) is 0 Å². The number of benzene rings is 3. The topological polar surface area (TPSA) is 30.9 Å². The Bertz CT molecular complexity index is 699. The van der Waals surface area contributed by atoms with Gasteiger partial charge in [0.2, 0.25) is 0 Å². The maximum Gasteiger partial charge on any atom is 0.0717 e. The summed E-state index contributed by atoms with van der Waals surface area (Å²) < 4.78 is 17.6. The minimum Gasteiger partial charge on any atom is -0.375 e. The molecule has 164 valence electrons. The van der Waals surface area contributed by atoms with E-state index in [1.54, 1.807) is 0 Å². The van der Waals surface area contributed by atoms with Gasteiger partial charge in [-0.2, -0.15) is 0 Å². The van der Waals surface area contributed by atoms with E-state index >= 15 is 0 Å². The van der Waals surface area contributed by atoms with Crippen molar-refractivity contribution in [3.63, 3.8) is 0 Å². The van der Waals surface area contributed by atoms with Gasteiger partial charge in [-0.1, -0.05) is 91.0 Å². The Morgan fingerprint density at radius 2 is 0.710 bits per heavy atom. The van der Waals surface area contributed by atoms with Crippen LogP contribution in [0.1, 0.15) is 16.7 Å². The lowest BCUT2D eigenvalue weighted by molar-refractivity contribution is 0.0426. The van der Waals surface area contributed by atoms with E-state index in [2.05, 4.69) is 41.3 Å². The molecule has 3 aromatic rings. The van der Waals surface area contributed by atoms with Gasteiger partial charge in [-0.05, 0) is 16.7 Å². The number of nitrogens with zero attached hydrogens (tertiary/aromatic N) is 1. The molecule has 0 saturated carbocycles. The van der Waals surface area contributed by atoms with Gasteiger partial charge in [0.15, 0.2) is 0 Å². The molecule has 0 aliphatic rings. The van der Waals surface area contributed by atoms with E-state index in [0.29, 0.717) is 39.6 Å². The van der Waals surface area contributed by atoms with Crippen LogP contribution in [0.15, 0.2) is 91.0 Å². The zero-order valence-corrected chi connectivity index (χ0v) is 18.2. The van der Waals surface area contributed by atoms with Gasteiger partial charge in [0.25, 0.3) is 0 Å². The Kier molecular flexibility index (Phi) is 10.8. The zero-order chi connectivity index (χ0) is 21.4. The SMILES string of the molecule is c1ccc(COCCN(CCOCc2ccccc2)CCOCc2ccccc2)cc1. The summed E-state index contributed by atoms with van der Waals surface area (Å²) in [6, 6.07) is 30.9. The molecule has 0 N–H and O–H groups in total. The van der Waals surface area contributed by atoms with Crippen molar-refractivity contribution in [2.24, 2.45) is 0 Å². The Hall–Kier alpha value is -2.50. The lowest BCUT2D eigenvalue weighted by Gasteiger charge is -2.22. The quantitative estimate of drug-likeness (QED) is 0.327. The third-order valence-electron chi connectivity index (χ3n) is 4.99. The number of hydrogen-bond acceptors (Lipinski definition) is 4. The van der Waals surface area contributed by atoms with Gasteiger partial charge in [0.1, 0.15) is 0 Å². The smallest absolute Gasteiger partial charge is 0.0717 e. The van der Waals surface area contributed by atoms with Crippen molar-refractivity contribution < 1.29 is 14.2 Å². The first-order valence-electron chi connectivity index (χ1n) is 11.0. The van der Waals surface area contributed by atoms with Gasteiger partial charge in [-0.3, -0.25) is 4.90 Å². The van der Waals surface area contributed by atoms with E-state index in [1.807, 2.05) is 54.6 Å². The second-order valence-corrected chi connectivity index (χ2v) is 7.46. The molecule has 0 aromatic heterocycles. The summed E-state index contributed by atoms with van der Waals surface area (Å²) >= 11 is 0. The van der Waals surface area contributed by atoms with Gasteiger partial charge in [0, 0.05) is 19.6 Å². The Balaban J connectivity index is 1.36. The van der Waals surface area contributed by atoms with Crippen molar-refractivity contribution in [1.29, 1.82) is 0 Å². The van der Waals surface area contributed by atoms with E-state index in [1.165, 1.54) is 16.7 Å². The molecule has 0 amide bonds. The molecule has 0 heterocycles. The minimum atomic E-state index is 0.643. The highest BCUT2D eigenvalue weighted by Crippen LogP contribution is 2.04. The van der Waals surface area contributed by atoms with Gasteiger partial charge in [-0.15, -0.1) is 0 Å². The molecule has 31 heavy (non-hydrogen) atoms. The predicted molar refractivity (Wildman–Crippen MR) is 125 cm³/mol. The molecule has 4 heteroatoms. The lowest BCUT2D eigenvalue weighted by Crippen LogP contribution is -2.34. The van der Waals surface area contributed by atoms with E-state index in [4.69, 9.17) is 14.2 Å². The van der Waals surface area contributed by atoms with Crippen LogP contribution < -0.4 is 0 Å². The van der Waals surface area contributed by atoms with Crippen LogP contribution in [0.5, 0.6) is 0 Å². The fourth-order valence-electron chi connectivity index (χ4n) is 3.21. The second-order valence-electron chi connectivity index (χ2n) is 7.46. The normalized spacial score (nSPS) is 11.1. The van der Waals surface area contributed by atoms with Gasteiger partial charge < -0.3 is 14.2 Å². The summed E-state index contributed by atoms with van der Waals surface area (Å²) in [4.78, 5) is 2.35. The van der Waals surface area contributed by atoms with Crippen LogP contribution in [-0.4, -0.2) is 44.4 Å². The molecule has 0 fully saturated rings. The highest BCUT2D eigenvalue weighted by Gasteiger charge is 2.06. The Morgan fingerprint density at radius 1 is 0.419 bits per heavy atom. The van der Waals surface area contributed by atoms with Crippen molar-refractivity contribution in [1.82, 2.24) is 4.90 Å². The molecular weight excluding hydrogens is 386 g/mol. The molecule has 0 atom stereocenters. The third kappa shape index (κ3) is 9.90. The summed E-state index contributed by atoms with van der Waals surface area (Å²) in [5.41, 5.74) is 3.60. The third-order valence-corrected chi connectivity index (χ3v) is 4.99. The number of rotatable bonds is 15. The van der Waals surface area contributed by atoms with E-state index < -0.39 is 0 Å². The first kappa shape index (κ1) is 23.2. The average molecular weight is 420 g/mol. The summed E-state index contributed by atoms with van der Waals surface area (Å²) in [6.07, 6.45) is 0. The molecule has 0 aliphatic heterocycles. The maximum atomic E-state index is 5.88. The van der Waals surface area contributed by atoms with E-state index in [9.17, 15) is 0 Å². The average Bonchev–Trinajstić information content (AvgIpc) is 2.83. The largest absolute Gasteiger partial charge is 0.375 e. The van der Waals surface area contributed by atoms with Crippen molar-refractivity contribution in [3.8, 4) is 0 Å². The van der Waals surface area contributed by atoms with Crippen molar-refractivity contribution in [2.75, 3.05) is 39.5 Å². The van der Waals surface area contributed by atoms with Crippen LogP contribution in [0.4, 0.5) is 0 Å². The number of ether oxygens (including phenoxy) is 3. The van der Waals surface area contributed by atoms with E-state index in [0.717, 1.165) is 19.6 Å². The van der Waals surface area contributed by atoms with Crippen LogP contribution in [0.25, 0.3) is 0 Å². The summed E-state index contributed by atoms with van der Waals surface area (Å²) in [5.74, 6) is 0. The highest BCUT2D eigenvalue weighted by atomic mass is 16.5. The van der Waals surface area contributed by atoms with Crippen LogP contribution in [0, 0.1) is 0 Å². The molecule has 0 unspecified atom stereocenters. The number of hydrogen-bond donors (Lipinski definition) is 0. The monoisotopic (exact) mass is 419 g/mol. The Morgan fingerprint density at radius 3 is 1.00 bits per heavy atom. The Labute approximate surface area is 186 Å². The molecule has 0 saturated heterocycles. The first-order valence-corrected chi connectivity index (χ1v) is 11.0. The summed E-state index contributed by atoms with van der Waals surface area (Å²) in [7, 11) is 0. The minimum absolute atomic E-state index is 0.643. The lowest BCUT2D eigenvalue weighted by atomic mass is 10.2. The molecule has 3 rings (SSSR count). The maximum absolute atomic E-state index is 5.88. The molecule has 0 radical (unpaired) electrons. The highest BCUT2D eigenvalue weighted by molar-refractivity contribution is 5.14. The molecule has 3 aromatic carbocycles. The molecule has 0 aliphatic carbocycles. The fourth-order valence-corrected chi connectivity index (χ4v) is 3.21. The summed E-state index contributed by atoms with van der Waals surface area (Å²) in [6.45, 7) is 6.56. The van der Waals surface area contributed by atoms with Crippen LogP contribution in [0.3, 0.4) is 0 Å². The molecule has 4 nitrogen and oxygen atoms in total. The summed E-state index contributed by atoms with van der Waals surface area (Å²) in [5, 5.41) is 0. The van der Waals surface area contributed by atoms with Crippen molar-refractivity contribution in [2.45, 2.75) is 19.8 Å². The molecular formula is C27H33NO3. The van der Waals surface area contributed by atoms with Crippen LogP contribution >= 0.6 is 0 Å².